The van der Waals surface area contributed by atoms with Crippen molar-refractivity contribution in [3.8, 4) is 5.75 Å². The van der Waals surface area contributed by atoms with Crippen molar-refractivity contribution in [2.75, 3.05) is 11.9 Å². The molecule has 2 aromatic rings. The Hall–Kier alpha value is -2.89. The van der Waals surface area contributed by atoms with Crippen LogP contribution in [0.4, 0.5) is 5.69 Å². The summed E-state index contributed by atoms with van der Waals surface area (Å²) < 4.78 is 0. The maximum absolute atomic E-state index is 11.6. The Morgan fingerprint density at radius 3 is 2.33 bits per heavy atom. The van der Waals surface area contributed by atoms with Crippen LogP contribution in [-0.2, 0) is 16.0 Å². The molecule has 0 radical (unpaired) electrons. The van der Waals surface area contributed by atoms with E-state index in [2.05, 4.69) is 15.6 Å². The molecule has 2 amide bonds. The summed E-state index contributed by atoms with van der Waals surface area (Å²) in [5, 5.41) is 14.2. The highest BCUT2D eigenvalue weighted by molar-refractivity contribution is 6.39. The zero-order valence-corrected chi connectivity index (χ0v) is 11.2. The average molecular weight is 285 g/mol. The number of aromatic hydroxyl groups is 1. The zero-order chi connectivity index (χ0) is 15.1. The van der Waals surface area contributed by atoms with Gasteiger partial charge in [0.1, 0.15) is 5.75 Å². The van der Waals surface area contributed by atoms with Crippen molar-refractivity contribution in [2.24, 2.45) is 0 Å². The number of phenols is 1. The van der Waals surface area contributed by atoms with Crippen LogP contribution in [0, 0.1) is 0 Å². The van der Waals surface area contributed by atoms with E-state index in [-0.39, 0.29) is 5.75 Å². The van der Waals surface area contributed by atoms with E-state index in [4.69, 9.17) is 5.11 Å². The summed E-state index contributed by atoms with van der Waals surface area (Å²) in [6.07, 6.45) is 3.63. The van der Waals surface area contributed by atoms with Crippen LogP contribution in [0.5, 0.6) is 5.75 Å². The van der Waals surface area contributed by atoms with Gasteiger partial charge in [0, 0.05) is 24.6 Å². The number of benzene rings is 1. The molecule has 21 heavy (non-hydrogen) atoms. The molecule has 0 aliphatic heterocycles. The average Bonchev–Trinajstić information content (AvgIpc) is 2.50. The van der Waals surface area contributed by atoms with E-state index in [1.54, 1.807) is 36.4 Å². The van der Waals surface area contributed by atoms with E-state index in [0.717, 1.165) is 5.56 Å². The summed E-state index contributed by atoms with van der Waals surface area (Å²) in [6.45, 7) is 0.341. The van der Waals surface area contributed by atoms with Gasteiger partial charge >= 0.3 is 11.8 Å². The molecule has 0 aliphatic rings. The van der Waals surface area contributed by atoms with Gasteiger partial charge in [-0.25, -0.2) is 0 Å². The summed E-state index contributed by atoms with van der Waals surface area (Å²) in [7, 11) is 0. The Labute approximate surface area is 121 Å². The van der Waals surface area contributed by atoms with Crippen LogP contribution in [0.2, 0.25) is 0 Å². The molecule has 0 bridgehead atoms. The fraction of sp³-hybridized carbons (Fsp3) is 0.133. The predicted molar refractivity (Wildman–Crippen MR) is 77.7 cm³/mol. The number of anilines is 1. The molecule has 0 aliphatic carbocycles. The van der Waals surface area contributed by atoms with Gasteiger partial charge in [-0.2, -0.15) is 0 Å². The molecule has 1 heterocycles. The number of aromatic nitrogens is 1. The number of nitrogens with one attached hydrogen (secondary N) is 2. The number of phenolic OH excluding ortho intramolecular Hbond substituents is 1. The Morgan fingerprint density at radius 2 is 1.67 bits per heavy atom. The van der Waals surface area contributed by atoms with Crippen molar-refractivity contribution >= 4 is 17.5 Å². The lowest BCUT2D eigenvalue weighted by Gasteiger charge is -2.06. The number of carbonyl (C=O) groups excluding carboxylic acids is 2. The van der Waals surface area contributed by atoms with Gasteiger partial charge in [0.15, 0.2) is 0 Å². The molecule has 108 valence electrons. The molecule has 0 fully saturated rings. The Balaban J connectivity index is 1.76. The third kappa shape index (κ3) is 4.61. The third-order valence-corrected chi connectivity index (χ3v) is 2.78. The Morgan fingerprint density at radius 1 is 1.00 bits per heavy atom. The molecule has 0 saturated carbocycles. The normalized spacial score (nSPS) is 9.90. The fourth-order valence-electron chi connectivity index (χ4n) is 1.69. The van der Waals surface area contributed by atoms with Crippen molar-refractivity contribution in [1.82, 2.24) is 10.3 Å². The van der Waals surface area contributed by atoms with Crippen molar-refractivity contribution in [3.63, 3.8) is 0 Å². The van der Waals surface area contributed by atoms with Crippen molar-refractivity contribution in [1.29, 1.82) is 0 Å². The first-order valence-electron chi connectivity index (χ1n) is 6.42. The lowest BCUT2D eigenvalue weighted by atomic mass is 10.1. The van der Waals surface area contributed by atoms with E-state index in [9.17, 15) is 9.59 Å². The summed E-state index contributed by atoms with van der Waals surface area (Å²) in [5.74, 6) is -1.21. The van der Waals surface area contributed by atoms with Crippen LogP contribution in [0.15, 0.2) is 48.8 Å². The van der Waals surface area contributed by atoms with Crippen LogP contribution in [0.1, 0.15) is 5.56 Å². The van der Waals surface area contributed by atoms with Crippen LogP contribution in [0.25, 0.3) is 0 Å². The van der Waals surface area contributed by atoms with E-state index < -0.39 is 11.8 Å². The quantitative estimate of drug-likeness (QED) is 0.733. The number of nitrogens with zero attached hydrogens (tertiary/aromatic N) is 1. The van der Waals surface area contributed by atoms with Gasteiger partial charge in [0.25, 0.3) is 0 Å². The van der Waals surface area contributed by atoms with Gasteiger partial charge in [-0.15, -0.1) is 0 Å². The highest BCUT2D eigenvalue weighted by Crippen LogP contribution is 2.09. The van der Waals surface area contributed by atoms with Crippen molar-refractivity contribution in [2.45, 2.75) is 6.42 Å². The van der Waals surface area contributed by atoms with Gasteiger partial charge in [0.2, 0.25) is 0 Å². The van der Waals surface area contributed by atoms with Crippen LogP contribution < -0.4 is 10.6 Å². The van der Waals surface area contributed by atoms with Crippen LogP contribution in [-0.4, -0.2) is 28.4 Å². The monoisotopic (exact) mass is 285 g/mol. The minimum absolute atomic E-state index is 0.194. The second kappa shape index (κ2) is 7.04. The number of rotatable bonds is 4. The van der Waals surface area contributed by atoms with E-state index in [0.29, 0.717) is 18.7 Å². The topological polar surface area (TPSA) is 91.3 Å². The summed E-state index contributed by atoms with van der Waals surface area (Å²) in [6, 6.07) is 9.88. The predicted octanol–water partition coefficient (Wildman–Crippen LogP) is 1.08. The SMILES string of the molecule is O=C(NCCc1ccc(O)cc1)C(=O)Nc1ccncc1. The first-order valence-corrected chi connectivity index (χ1v) is 6.42. The highest BCUT2D eigenvalue weighted by Gasteiger charge is 2.12. The van der Waals surface area contributed by atoms with Crippen molar-refractivity contribution < 1.29 is 14.7 Å². The summed E-state index contributed by atoms with van der Waals surface area (Å²) in [4.78, 5) is 27.1. The highest BCUT2D eigenvalue weighted by atomic mass is 16.3. The zero-order valence-electron chi connectivity index (χ0n) is 11.2. The van der Waals surface area contributed by atoms with Crippen LogP contribution >= 0.6 is 0 Å². The first-order chi connectivity index (χ1) is 10.1. The molecule has 6 heteroatoms. The Bertz CT molecular complexity index is 612. The first kappa shape index (κ1) is 14.5. The molecule has 2 rings (SSSR count). The van der Waals surface area contributed by atoms with Gasteiger partial charge in [-0.05, 0) is 36.2 Å². The van der Waals surface area contributed by atoms with E-state index >= 15 is 0 Å². The largest absolute Gasteiger partial charge is 0.508 e. The second-order valence-electron chi connectivity index (χ2n) is 4.36. The second-order valence-corrected chi connectivity index (χ2v) is 4.36. The smallest absolute Gasteiger partial charge is 0.313 e. The summed E-state index contributed by atoms with van der Waals surface area (Å²) in [5.41, 5.74) is 1.48. The number of pyridine rings is 1. The maximum atomic E-state index is 11.6. The van der Waals surface area contributed by atoms with Gasteiger partial charge in [-0.1, -0.05) is 12.1 Å². The van der Waals surface area contributed by atoms with Gasteiger partial charge in [0.05, 0.1) is 0 Å². The molecule has 0 unspecified atom stereocenters. The number of amides is 2. The van der Waals surface area contributed by atoms with E-state index in [1.807, 2.05) is 0 Å². The standard InChI is InChI=1S/C15H15N3O3/c19-13-3-1-11(2-4-13)5-10-17-14(20)15(21)18-12-6-8-16-9-7-12/h1-4,6-9,19H,5,10H2,(H,17,20)(H,16,18,21). The van der Waals surface area contributed by atoms with Gasteiger partial charge < -0.3 is 15.7 Å². The molecule has 1 aromatic carbocycles. The molecule has 0 saturated heterocycles. The van der Waals surface area contributed by atoms with Crippen LogP contribution in [0.3, 0.4) is 0 Å². The molecule has 1 aromatic heterocycles. The Kier molecular flexibility index (Phi) is 4.87. The molecule has 6 nitrogen and oxygen atoms in total. The van der Waals surface area contributed by atoms with Crippen molar-refractivity contribution in [3.05, 3.63) is 54.4 Å². The minimum atomic E-state index is -0.716. The number of hydrogen-bond donors (Lipinski definition) is 3. The fourth-order valence-corrected chi connectivity index (χ4v) is 1.69. The lowest BCUT2D eigenvalue weighted by Crippen LogP contribution is -2.36. The molecule has 0 spiro atoms. The lowest BCUT2D eigenvalue weighted by molar-refractivity contribution is -0.136. The maximum Gasteiger partial charge on any atom is 0.313 e. The molecular formula is C15H15N3O3. The number of carbonyl (C=O) groups is 2. The third-order valence-electron chi connectivity index (χ3n) is 2.78. The summed E-state index contributed by atoms with van der Waals surface area (Å²) >= 11 is 0. The minimum Gasteiger partial charge on any atom is -0.508 e. The molecule has 3 N–H and O–H groups in total. The van der Waals surface area contributed by atoms with Gasteiger partial charge in [-0.3, -0.25) is 14.6 Å². The number of hydrogen-bond acceptors (Lipinski definition) is 4. The molecular weight excluding hydrogens is 270 g/mol. The molecule has 0 atom stereocenters. The van der Waals surface area contributed by atoms with E-state index in [1.165, 1.54) is 12.4 Å².